The summed E-state index contributed by atoms with van der Waals surface area (Å²) in [7, 11) is 0. The summed E-state index contributed by atoms with van der Waals surface area (Å²) in [5.41, 5.74) is 0.256. The number of benzene rings is 1. The van der Waals surface area contributed by atoms with E-state index in [4.69, 9.17) is 9.84 Å². The lowest BCUT2D eigenvalue weighted by Crippen LogP contribution is -2.48. The Labute approximate surface area is 135 Å². The molecule has 0 radical (unpaired) electrons. The van der Waals surface area contributed by atoms with Gasteiger partial charge in [-0.15, -0.1) is 13.2 Å². The summed E-state index contributed by atoms with van der Waals surface area (Å²) in [5, 5.41) is 8.90. The highest BCUT2D eigenvalue weighted by Crippen LogP contribution is 2.27. The summed E-state index contributed by atoms with van der Waals surface area (Å²) in [4.78, 5) is 24.4. The van der Waals surface area contributed by atoms with Gasteiger partial charge in [-0.3, -0.25) is 4.79 Å². The molecule has 1 unspecified atom stereocenters. The van der Waals surface area contributed by atoms with Crippen LogP contribution in [0.15, 0.2) is 24.3 Å². The first-order valence-electron chi connectivity index (χ1n) is 7.22. The highest BCUT2D eigenvalue weighted by molar-refractivity contribution is 5.79. The zero-order valence-corrected chi connectivity index (χ0v) is 12.6. The lowest BCUT2D eigenvalue weighted by atomic mass is 10.1. The van der Waals surface area contributed by atoms with Crippen molar-refractivity contribution in [1.29, 1.82) is 0 Å². The number of morpholine rings is 1. The quantitative estimate of drug-likeness (QED) is 0.879. The minimum absolute atomic E-state index is 0.0510. The molecular formula is C15H16F3NO5. The van der Waals surface area contributed by atoms with Gasteiger partial charge in [-0.1, -0.05) is 18.2 Å². The SMILES string of the molecule is O=C(O)C1CN(C(=O)CCc2ccccc2OC(F)(F)F)CCO1. The van der Waals surface area contributed by atoms with E-state index in [9.17, 15) is 22.8 Å². The van der Waals surface area contributed by atoms with Crippen LogP contribution in [-0.2, 0) is 20.7 Å². The van der Waals surface area contributed by atoms with E-state index in [-0.39, 0.29) is 49.8 Å². The van der Waals surface area contributed by atoms with Gasteiger partial charge in [0.05, 0.1) is 13.2 Å². The molecule has 1 saturated heterocycles. The molecule has 0 bridgehead atoms. The average Bonchev–Trinajstić information content (AvgIpc) is 2.52. The van der Waals surface area contributed by atoms with Crippen LogP contribution in [-0.4, -0.2) is 54.0 Å². The molecule has 1 aromatic carbocycles. The Hall–Kier alpha value is -2.29. The van der Waals surface area contributed by atoms with E-state index in [1.807, 2.05) is 0 Å². The number of carbonyl (C=O) groups excluding carboxylic acids is 1. The second-order valence-corrected chi connectivity index (χ2v) is 5.19. The third-order valence-electron chi connectivity index (χ3n) is 3.50. The molecule has 1 heterocycles. The molecule has 132 valence electrons. The molecule has 24 heavy (non-hydrogen) atoms. The zero-order valence-electron chi connectivity index (χ0n) is 12.6. The van der Waals surface area contributed by atoms with Gasteiger partial charge in [0, 0.05) is 13.0 Å². The monoisotopic (exact) mass is 347 g/mol. The minimum Gasteiger partial charge on any atom is -0.479 e. The number of nitrogens with zero attached hydrogens (tertiary/aromatic N) is 1. The van der Waals surface area contributed by atoms with Gasteiger partial charge in [0.1, 0.15) is 5.75 Å². The van der Waals surface area contributed by atoms with Crippen LogP contribution in [0.25, 0.3) is 0 Å². The van der Waals surface area contributed by atoms with Crippen LogP contribution in [0.2, 0.25) is 0 Å². The Bertz CT molecular complexity index is 605. The van der Waals surface area contributed by atoms with Gasteiger partial charge in [-0.2, -0.15) is 0 Å². The smallest absolute Gasteiger partial charge is 0.479 e. The van der Waals surface area contributed by atoms with Crippen molar-refractivity contribution in [3.8, 4) is 5.75 Å². The zero-order chi connectivity index (χ0) is 17.7. The molecule has 0 aliphatic carbocycles. The van der Waals surface area contributed by atoms with E-state index in [2.05, 4.69) is 4.74 Å². The number of alkyl halides is 3. The lowest BCUT2D eigenvalue weighted by molar-refractivity contribution is -0.274. The van der Waals surface area contributed by atoms with Crippen molar-refractivity contribution in [2.75, 3.05) is 19.7 Å². The Kier molecular flexibility index (Phi) is 5.66. The van der Waals surface area contributed by atoms with Crippen LogP contribution >= 0.6 is 0 Å². The van der Waals surface area contributed by atoms with Crippen LogP contribution in [0.4, 0.5) is 13.2 Å². The van der Waals surface area contributed by atoms with Crippen molar-refractivity contribution in [3.05, 3.63) is 29.8 Å². The van der Waals surface area contributed by atoms with E-state index >= 15 is 0 Å². The third kappa shape index (κ3) is 5.12. The molecule has 2 rings (SSSR count). The van der Waals surface area contributed by atoms with E-state index in [1.54, 1.807) is 6.07 Å². The molecule has 1 fully saturated rings. The van der Waals surface area contributed by atoms with Gasteiger partial charge in [0.15, 0.2) is 6.10 Å². The summed E-state index contributed by atoms with van der Waals surface area (Å²) < 4.78 is 46.0. The number of hydrogen-bond acceptors (Lipinski definition) is 4. The molecule has 6 nitrogen and oxygen atoms in total. The van der Waals surface area contributed by atoms with Crippen molar-refractivity contribution in [2.24, 2.45) is 0 Å². The Morgan fingerprint density at radius 2 is 2.04 bits per heavy atom. The number of rotatable bonds is 5. The highest BCUT2D eigenvalue weighted by Gasteiger charge is 2.32. The predicted octanol–water partition coefficient (Wildman–Crippen LogP) is 1.83. The largest absolute Gasteiger partial charge is 0.573 e. The van der Waals surface area contributed by atoms with Crippen LogP contribution in [0.3, 0.4) is 0 Å². The molecule has 0 spiro atoms. The van der Waals surface area contributed by atoms with Gasteiger partial charge < -0.3 is 19.5 Å². The number of hydrogen-bond donors (Lipinski definition) is 1. The molecule has 0 saturated carbocycles. The lowest BCUT2D eigenvalue weighted by Gasteiger charge is -2.31. The number of aryl methyl sites for hydroxylation is 1. The van der Waals surface area contributed by atoms with Crippen LogP contribution in [0, 0.1) is 0 Å². The minimum atomic E-state index is -4.81. The normalized spacial score (nSPS) is 18.3. The number of ether oxygens (including phenoxy) is 2. The molecule has 1 N–H and O–H groups in total. The molecule has 1 atom stereocenters. The molecule has 0 aromatic heterocycles. The van der Waals surface area contributed by atoms with E-state index in [0.29, 0.717) is 0 Å². The first kappa shape index (κ1) is 18.1. The van der Waals surface area contributed by atoms with E-state index in [1.165, 1.54) is 23.1 Å². The fourth-order valence-electron chi connectivity index (χ4n) is 2.36. The van der Waals surface area contributed by atoms with Gasteiger partial charge >= 0.3 is 12.3 Å². The molecule has 1 aromatic rings. The number of carbonyl (C=O) groups is 2. The maximum absolute atomic E-state index is 12.4. The van der Waals surface area contributed by atoms with Gasteiger partial charge in [0.2, 0.25) is 5.91 Å². The highest BCUT2D eigenvalue weighted by atomic mass is 19.4. The third-order valence-corrected chi connectivity index (χ3v) is 3.50. The van der Waals surface area contributed by atoms with Crippen LogP contribution in [0.1, 0.15) is 12.0 Å². The predicted molar refractivity (Wildman–Crippen MR) is 75.4 cm³/mol. The average molecular weight is 347 g/mol. The van der Waals surface area contributed by atoms with Crippen LogP contribution < -0.4 is 4.74 Å². The number of halogens is 3. The summed E-state index contributed by atoms with van der Waals surface area (Å²) in [6.45, 7) is 0.286. The molecule has 1 amide bonds. The van der Waals surface area contributed by atoms with Crippen molar-refractivity contribution in [2.45, 2.75) is 25.3 Å². The van der Waals surface area contributed by atoms with Crippen molar-refractivity contribution in [3.63, 3.8) is 0 Å². The summed E-state index contributed by atoms with van der Waals surface area (Å²) in [6, 6.07) is 5.60. The summed E-state index contributed by atoms with van der Waals surface area (Å²) in [6.07, 6.45) is -5.88. The second kappa shape index (κ2) is 7.52. The summed E-state index contributed by atoms with van der Waals surface area (Å²) in [5.74, 6) is -1.84. The topological polar surface area (TPSA) is 76.1 Å². The van der Waals surface area contributed by atoms with E-state index < -0.39 is 18.4 Å². The number of carboxylic acids is 1. The Morgan fingerprint density at radius 3 is 2.71 bits per heavy atom. The van der Waals surface area contributed by atoms with Gasteiger partial charge in [-0.05, 0) is 18.1 Å². The van der Waals surface area contributed by atoms with Crippen molar-refractivity contribution >= 4 is 11.9 Å². The van der Waals surface area contributed by atoms with Crippen molar-refractivity contribution in [1.82, 2.24) is 4.90 Å². The van der Waals surface area contributed by atoms with E-state index in [0.717, 1.165) is 0 Å². The number of para-hydroxylation sites is 1. The van der Waals surface area contributed by atoms with Crippen molar-refractivity contribution < 1.29 is 37.3 Å². The first-order chi connectivity index (χ1) is 11.3. The Balaban J connectivity index is 1.96. The molecule has 1 aliphatic heterocycles. The standard InChI is InChI=1S/C15H16F3NO5/c16-15(17,18)24-11-4-2-1-3-10(11)5-6-13(20)19-7-8-23-12(9-19)14(21)22/h1-4,12H,5-9H2,(H,21,22). The fourth-order valence-corrected chi connectivity index (χ4v) is 2.36. The first-order valence-corrected chi connectivity index (χ1v) is 7.22. The van der Waals surface area contributed by atoms with Gasteiger partial charge in [-0.25, -0.2) is 4.79 Å². The maximum atomic E-state index is 12.4. The number of carboxylic acid groups (broad SMARTS) is 1. The fraction of sp³-hybridized carbons (Fsp3) is 0.467. The molecule has 1 aliphatic rings. The number of amides is 1. The Morgan fingerprint density at radius 1 is 1.33 bits per heavy atom. The number of aliphatic carboxylic acids is 1. The second-order valence-electron chi connectivity index (χ2n) is 5.19. The maximum Gasteiger partial charge on any atom is 0.573 e. The van der Waals surface area contributed by atoms with Gasteiger partial charge in [0.25, 0.3) is 0 Å². The summed E-state index contributed by atoms with van der Waals surface area (Å²) >= 11 is 0. The molecular weight excluding hydrogens is 331 g/mol. The molecule has 9 heteroatoms. The van der Waals surface area contributed by atoms with Crippen LogP contribution in [0.5, 0.6) is 5.75 Å².